The van der Waals surface area contributed by atoms with E-state index < -0.39 is 17.3 Å². The van der Waals surface area contributed by atoms with Gasteiger partial charge in [-0.2, -0.15) is 18.3 Å². The highest BCUT2D eigenvalue weighted by molar-refractivity contribution is 6.28. The van der Waals surface area contributed by atoms with E-state index in [-0.39, 0.29) is 22.6 Å². The Kier molecular flexibility index (Phi) is 5.07. The molecule has 34 heavy (non-hydrogen) atoms. The second-order valence-corrected chi connectivity index (χ2v) is 11.3. The van der Waals surface area contributed by atoms with Crippen molar-refractivity contribution in [3.05, 3.63) is 29.1 Å². The van der Waals surface area contributed by atoms with Crippen molar-refractivity contribution in [1.82, 2.24) is 29.9 Å². The smallest absolute Gasteiger partial charge is 0.356 e. The minimum Gasteiger partial charge on any atom is -0.356 e. The summed E-state index contributed by atoms with van der Waals surface area (Å²) in [5.41, 5.74) is -0.792. The number of aryl methyl sites for hydroxylation is 1. The Morgan fingerprint density at radius 2 is 1.91 bits per heavy atom. The second kappa shape index (κ2) is 7.70. The molecule has 11 heteroatoms. The van der Waals surface area contributed by atoms with Gasteiger partial charge in [-0.15, -0.1) is 5.10 Å². The number of hydrogen-bond donors (Lipinski definition) is 1. The molecule has 184 valence electrons. The molecule has 5 saturated carbocycles. The van der Waals surface area contributed by atoms with E-state index in [1.54, 1.807) is 6.33 Å². The van der Waals surface area contributed by atoms with Gasteiger partial charge in [0.25, 0.3) is 0 Å². The molecular formula is C23H28ClF3N6O. The molecule has 0 aromatic carbocycles. The molecule has 7 nitrogen and oxygen atoms in total. The first-order chi connectivity index (χ1) is 16.2. The van der Waals surface area contributed by atoms with Gasteiger partial charge in [-0.25, -0.2) is 9.67 Å². The zero-order valence-electron chi connectivity index (χ0n) is 18.8. The standard InChI is InChI=1S/C23H28ClF3N6O/c24-20-29-13-33(31-20)22-10-14-6-15(11-22)9-21(8-14,12-22)19(34)28-4-1-5-32-17(16-2-3-16)7-18(30-32)23(25,26)27/h7,13-16H,1-6,8-12H2,(H,28,34). The summed E-state index contributed by atoms with van der Waals surface area (Å²) >= 11 is 6.00. The Bertz CT molecular complexity index is 1090. The van der Waals surface area contributed by atoms with Crippen LogP contribution in [0.2, 0.25) is 5.28 Å². The van der Waals surface area contributed by atoms with Crippen molar-refractivity contribution in [2.45, 2.75) is 82.0 Å². The second-order valence-electron chi connectivity index (χ2n) is 11.0. The lowest BCUT2D eigenvalue weighted by molar-refractivity contribution is -0.156. The molecule has 7 rings (SSSR count). The zero-order chi connectivity index (χ0) is 23.7. The summed E-state index contributed by atoms with van der Waals surface area (Å²) in [6.07, 6.45) is 5.28. The van der Waals surface area contributed by atoms with Crippen LogP contribution in [-0.4, -0.2) is 37.0 Å². The van der Waals surface area contributed by atoms with Gasteiger partial charge >= 0.3 is 6.18 Å². The van der Waals surface area contributed by atoms with Crippen molar-refractivity contribution in [2.24, 2.45) is 17.3 Å². The Morgan fingerprint density at radius 1 is 1.18 bits per heavy atom. The van der Waals surface area contributed by atoms with E-state index >= 15 is 0 Å². The molecule has 1 N–H and O–H groups in total. The van der Waals surface area contributed by atoms with E-state index in [0.717, 1.165) is 51.4 Å². The third kappa shape index (κ3) is 3.82. The normalized spacial score (nSPS) is 32.4. The number of hydrogen-bond acceptors (Lipinski definition) is 4. The molecule has 0 saturated heterocycles. The van der Waals surface area contributed by atoms with Gasteiger partial charge in [-0.05, 0) is 87.3 Å². The first-order valence-corrected chi connectivity index (χ1v) is 12.5. The van der Waals surface area contributed by atoms with E-state index in [0.29, 0.717) is 37.0 Å². The number of carbonyl (C=O) groups is 1. The van der Waals surface area contributed by atoms with Crippen LogP contribution in [-0.2, 0) is 23.1 Å². The lowest BCUT2D eigenvalue weighted by Crippen LogP contribution is -2.61. The highest BCUT2D eigenvalue weighted by atomic mass is 35.5. The first kappa shape index (κ1) is 22.4. The molecule has 0 aliphatic heterocycles. The summed E-state index contributed by atoms with van der Waals surface area (Å²) in [5, 5.41) is 11.5. The largest absolute Gasteiger partial charge is 0.435 e. The van der Waals surface area contributed by atoms with Crippen molar-refractivity contribution in [2.75, 3.05) is 6.54 Å². The number of aromatic nitrogens is 5. The Balaban J connectivity index is 1.11. The van der Waals surface area contributed by atoms with Gasteiger partial charge in [-0.3, -0.25) is 9.48 Å². The highest BCUT2D eigenvalue weighted by Crippen LogP contribution is 2.64. The number of rotatable bonds is 7. The summed E-state index contributed by atoms with van der Waals surface area (Å²) < 4.78 is 42.8. The van der Waals surface area contributed by atoms with E-state index in [9.17, 15) is 18.0 Å². The summed E-state index contributed by atoms with van der Waals surface area (Å²) in [6, 6.07) is 1.18. The van der Waals surface area contributed by atoms with Gasteiger partial charge in [0, 0.05) is 24.7 Å². The van der Waals surface area contributed by atoms with Crippen molar-refractivity contribution >= 4 is 17.5 Å². The fourth-order valence-corrected chi connectivity index (χ4v) is 7.42. The fourth-order valence-electron chi connectivity index (χ4n) is 7.29. The Labute approximate surface area is 200 Å². The molecule has 5 aliphatic carbocycles. The fraction of sp³-hybridized carbons (Fsp3) is 0.739. The van der Waals surface area contributed by atoms with Crippen LogP contribution in [0.1, 0.15) is 75.1 Å². The van der Waals surface area contributed by atoms with E-state index in [1.165, 1.54) is 10.7 Å². The van der Waals surface area contributed by atoms with Crippen molar-refractivity contribution < 1.29 is 18.0 Å². The van der Waals surface area contributed by atoms with Gasteiger partial charge < -0.3 is 5.32 Å². The molecule has 0 spiro atoms. The Hall–Kier alpha value is -2.10. The van der Waals surface area contributed by atoms with Crippen molar-refractivity contribution in [3.8, 4) is 0 Å². The highest BCUT2D eigenvalue weighted by Gasteiger charge is 2.61. The summed E-state index contributed by atoms with van der Waals surface area (Å²) in [7, 11) is 0. The third-order valence-corrected chi connectivity index (χ3v) is 8.56. The zero-order valence-corrected chi connectivity index (χ0v) is 19.6. The van der Waals surface area contributed by atoms with Gasteiger partial charge in [-0.1, -0.05) is 0 Å². The lowest BCUT2D eigenvalue weighted by atomic mass is 9.46. The van der Waals surface area contributed by atoms with Crippen LogP contribution >= 0.6 is 11.6 Å². The van der Waals surface area contributed by atoms with E-state index in [4.69, 9.17) is 11.6 Å². The number of carbonyl (C=O) groups excluding carboxylic acids is 1. The van der Waals surface area contributed by atoms with Crippen LogP contribution in [0.25, 0.3) is 0 Å². The van der Waals surface area contributed by atoms with Crippen LogP contribution in [0.4, 0.5) is 13.2 Å². The maximum atomic E-state index is 13.5. The molecule has 2 unspecified atom stereocenters. The molecule has 1 amide bonds. The van der Waals surface area contributed by atoms with Crippen molar-refractivity contribution in [3.63, 3.8) is 0 Å². The maximum absolute atomic E-state index is 13.5. The van der Waals surface area contributed by atoms with E-state index in [1.807, 2.05) is 4.68 Å². The lowest BCUT2D eigenvalue weighted by Gasteiger charge is -2.60. The SMILES string of the molecule is O=C(NCCCn1nc(C(F)(F)F)cc1C1CC1)C12CC3CC(C1)CC(n1cnc(Cl)n1)(C3)C2. The number of halogens is 4. The molecule has 2 aromatic rings. The predicted octanol–water partition coefficient (Wildman–Crippen LogP) is 4.53. The van der Waals surface area contributed by atoms with Crippen molar-refractivity contribution in [1.29, 1.82) is 0 Å². The molecular weight excluding hydrogens is 469 g/mol. The molecule has 0 radical (unpaired) electrons. The molecule has 5 fully saturated rings. The Morgan fingerprint density at radius 3 is 2.53 bits per heavy atom. The monoisotopic (exact) mass is 496 g/mol. The summed E-state index contributed by atoms with van der Waals surface area (Å²) in [4.78, 5) is 17.6. The van der Waals surface area contributed by atoms with Crippen LogP contribution in [0.15, 0.2) is 12.4 Å². The van der Waals surface area contributed by atoms with Gasteiger partial charge in [0.15, 0.2) is 5.69 Å². The number of nitrogens with zero attached hydrogens (tertiary/aromatic N) is 5. The number of amides is 1. The molecule has 5 aliphatic rings. The predicted molar refractivity (Wildman–Crippen MR) is 117 cm³/mol. The van der Waals surface area contributed by atoms with Gasteiger partial charge in [0.05, 0.1) is 11.0 Å². The quantitative estimate of drug-likeness (QED) is 0.571. The topological polar surface area (TPSA) is 77.6 Å². The maximum Gasteiger partial charge on any atom is 0.435 e. The van der Waals surface area contributed by atoms with Crippen LogP contribution < -0.4 is 5.32 Å². The van der Waals surface area contributed by atoms with Crippen LogP contribution in [0.3, 0.4) is 0 Å². The summed E-state index contributed by atoms with van der Waals surface area (Å²) in [5.74, 6) is 1.21. The average Bonchev–Trinajstić information content (AvgIpc) is 3.34. The number of nitrogens with one attached hydrogen (secondary N) is 1. The van der Waals surface area contributed by atoms with Gasteiger partial charge in [0.2, 0.25) is 11.2 Å². The average molecular weight is 497 g/mol. The van der Waals surface area contributed by atoms with Crippen LogP contribution in [0, 0.1) is 17.3 Å². The molecule has 2 atom stereocenters. The molecule has 2 heterocycles. The molecule has 4 bridgehead atoms. The third-order valence-electron chi connectivity index (χ3n) is 8.39. The first-order valence-electron chi connectivity index (χ1n) is 12.2. The van der Waals surface area contributed by atoms with Crippen LogP contribution in [0.5, 0.6) is 0 Å². The van der Waals surface area contributed by atoms with E-state index in [2.05, 4.69) is 20.5 Å². The minimum absolute atomic E-state index is 0.0658. The van der Waals surface area contributed by atoms with Gasteiger partial charge in [0.1, 0.15) is 6.33 Å². The minimum atomic E-state index is -4.44. The summed E-state index contributed by atoms with van der Waals surface area (Å²) in [6.45, 7) is 0.783. The number of alkyl halides is 3. The molecule has 2 aromatic heterocycles.